The maximum absolute atomic E-state index is 12.7. The number of thiophene rings is 1. The van der Waals surface area contributed by atoms with Crippen molar-refractivity contribution < 1.29 is 19.1 Å². The van der Waals surface area contributed by atoms with Crippen LogP contribution in [-0.4, -0.2) is 66.5 Å². The van der Waals surface area contributed by atoms with Crippen LogP contribution in [0.5, 0.6) is 0 Å². The van der Waals surface area contributed by atoms with Crippen molar-refractivity contribution >= 4 is 34.2 Å². The van der Waals surface area contributed by atoms with Crippen LogP contribution >= 0.6 is 11.3 Å². The second-order valence-corrected chi connectivity index (χ2v) is 7.92. The summed E-state index contributed by atoms with van der Waals surface area (Å²) in [6.45, 7) is 6.20. The minimum Gasteiger partial charge on any atom is -0.450 e. The number of hydrogen-bond donors (Lipinski definition) is 2. The van der Waals surface area contributed by atoms with Gasteiger partial charge in [0.15, 0.2) is 0 Å². The lowest BCUT2D eigenvalue weighted by Crippen LogP contribution is -2.54. The smallest absolute Gasteiger partial charge is 0.409 e. The standard InChI is InChI=1S/C18H26N4O4S/c1-3-26-18(25)22-9-7-21(8-10-22)11(2)16(24)20-17-14(15(19)23)12-5-4-6-13(12)27-17/h11H,3-10H2,1-2H3,(H2,19,23)(H,20,24)/t11-/m0/s1. The van der Waals surface area contributed by atoms with Crippen molar-refractivity contribution in [3.63, 3.8) is 0 Å². The quantitative estimate of drug-likeness (QED) is 0.786. The van der Waals surface area contributed by atoms with E-state index in [1.54, 1.807) is 11.8 Å². The maximum atomic E-state index is 12.7. The molecule has 0 bridgehead atoms. The number of fused-ring (bicyclic) bond motifs is 1. The number of nitrogens with two attached hydrogens (primary N) is 1. The SMILES string of the molecule is CCOC(=O)N1CCN([C@@H](C)C(=O)Nc2sc3c(c2C(N)=O)CCC3)CC1. The molecule has 0 saturated carbocycles. The third-order valence-electron chi connectivity index (χ3n) is 5.17. The number of hydrogen-bond acceptors (Lipinski definition) is 6. The molecule has 27 heavy (non-hydrogen) atoms. The van der Waals surface area contributed by atoms with Gasteiger partial charge in [0.25, 0.3) is 5.91 Å². The number of rotatable bonds is 5. The number of amides is 3. The number of carbonyl (C=O) groups excluding carboxylic acids is 3. The number of piperazine rings is 1. The summed E-state index contributed by atoms with van der Waals surface area (Å²) in [6, 6.07) is -0.369. The van der Waals surface area contributed by atoms with Crippen LogP contribution in [0.25, 0.3) is 0 Å². The molecule has 3 amide bonds. The van der Waals surface area contributed by atoms with Gasteiger partial charge in [-0.15, -0.1) is 11.3 Å². The van der Waals surface area contributed by atoms with Gasteiger partial charge in [-0.25, -0.2) is 4.79 Å². The van der Waals surface area contributed by atoms with Gasteiger partial charge < -0.3 is 20.7 Å². The monoisotopic (exact) mass is 394 g/mol. The van der Waals surface area contributed by atoms with Crippen molar-refractivity contribution in [2.24, 2.45) is 5.73 Å². The minimum atomic E-state index is -0.486. The summed E-state index contributed by atoms with van der Waals surface area (Å²) in [5.74, 6) is -0.651. The van der Waals surface area contributed by atoms with E-state index in [9.17, 15) is 14.4 Å². The fraction of sp³-hybridized carbons (Fsp3) is 0.611. The van der Waals surface area contributed by atoms with Crippen molar-refractivity contribution in [2.45, 2.75) is 39.2 Å². The topological polar surface area (TPSA) is 105 Å². The highest BCUT2D eigenvalue weighted by molar-refractivity contribution is 7.17. The molecule has 2 aliphatic rings. The van der Waals surface area contributed by atoms with Gasteiger partial charge in [0.2, 0.25) is 5.91 Å². The molecule has 1 fully saturated rings. The number of nitrogens with one attached hydrogen (secondary N) is 1. The zero-order chi connectivity index (χ0) is 19.6. The van der Waals surface area contributed by atoms with E-state index in [1.807, 2.05) is 11.8 Å². The Bertz CT molecular complexity index is 740. The van der Waals surface area contributed by atoms with Crippen molar-refractivity contribution in [1.82, 2.24) is 9.80 Å². The first-order chi connectivity index (χ1) is 12.9. The molecule has 1 saturated heterocycles. The van der Waals surface area contributed by atoms with E-state index in [4.69, 9.17) is 10.5 Å². The fourth-order valence-electron chi connectivity index (χ4n) is 3.64. The molecule has 0 aromatic carbocycles. The number of carbonyl (C=O) groups is 3. The van der Waals surface area contributed by atoms with Crippen LogP contribution in [-0.2, 0) is 22.4 Å². The van der Waals surface area contributed by atoms with Crippen LogP contribution in [0, 0.1) is 0 Å². The fourth-order valence-corrected chi connectivity index (χ4v) is 4.94. The van der Waals surface area contributed by atoms with Crippen LogP contribution in [0.2, 0.25) is 0 Å². The molecule has 148 valence electrons. The molecule has 0 unspecified atom stereocenters. The number of aryl methyl sites for hydroxylation is 1. The molecule has 3 rings (SSSR count). The van der Waals surface area contributed by atoms with Crippen molar-refractivity contribution in [3.05, 3.63) is 16.0 Å². The van der Waals surface area contributed by atoms with Gasteiger partial charge >= 0.3 is 6.09 Å². The summed E-state index contributed by atoms with van der Waals surface area (Å²) in [5.41, 5.74) is 7.02. The second kappa shape index (κ2) is 8.26. The lowest BCUT2D eigenvalue weighted by Gasteiger charge is -2.36. The van der Waals surface area contributed by atoms with Crippen LogP contribution in [0.3, 0.4) is 0 Å². The summed E-state index contributed by atoms with van der Waals surface area (Å²) in [4.78, 5) is 41.2. The minimum absolute atomic E-state index is 0.165. The average Bonchev–Trinajstić information content (AvgIpc) is 3.21. The lowest BCUT2D eigenvalue weighted by molar-refractivity contribution is -0.121. The van der Waals surface area contributed by atoms with E-state index in [1.165, 1.54) is 11.3 Å². The normalized spacial score (nSPS) is 18.1. The number of nitrogens with zero attached hydrogens (tertiary/aromatic N) is 2. The van der Waals surface area contributed by atoms with Gasteiger partial charge in [-0.1, -0.05) is 0 Å². The first-order valence-corrected chi connectivity index (χ1v) is 10.1. The number of ether oxygens (including phenoxy) is 1. The highest BCUT2D eigenvalue weighted by Gasteiger charge is 2.30. The molecule has 1 aliphatic heterocycles. The van der Waals surface area contributed by atoms with E-state index in [0.29, 0.717) is 43.4 Å². The van der Waals surface area contributed by atoms with Crippen molar-refractivity contribution in [3.8, 4) is 0 Å². The molecule has 2 heterocycles. The van der Waals surface area contributed by atoms with E-state index in [-0.39, 0.29) is 18.0 Å². The highest BCUT2D eigenvalue weighted by atomic mass is 32.1. The predicted molar refractivity (Wildman–Crippen MR) is 103 cm³/mol. The molecular weight excluding hydrogens is 368 g/mol. The average molecular weight is 394 g/mol. The number of primary amides is 1. The predicted octanol–water partition coefficient (Wildman–Crippen LogP) is 1.44. The maximum Gasteiger partial charge on any atom is 0.409 e. The molecule has 1 aliphatic carbocycles. The van der Waals surface area contributed by atoms with E-state index >= 15 is 0 Å². The Kier molecular flexibility index (Phi) is 6.01. The molecule has 3 N–H and O–H groups in total. The molecule has 0 radical (unpaired) electrons. The summed E-state index contributed by atoms with van der Waals surface area (Å²) in [6.07, 6.45) is 2.48. The molecule has 1 atom stereocenters. The van der Waals surface area contributed by atoms with Gasteiger partial charge in [-0.05, 0) is 38.7 Å². The first kappa shape index (κ1) is 19.6. The van der Waals surface area contributed by atoms with Crippen LogP contribution in [0.15, 0.2) is 0 Å². The summed E-state index contributed by atoms with van der Waals surface area (Å²) in [7, 11) is 0. The summed E-state index contributed by atoms with van der Waals surface area (Å²) in [5, 5.41) is 3.47. The van der Waals surface area contributed by atoms with Gasteiger partial charge in [-0.2, -0.15) is 0 Å². The Balaban J connectivity index is 1.61. The first-order valence-electron chi connectivity index (χ1n) is 9.33. The molecule has 1 aromatic rings. The third kappa shape index (κ3) is 4.08. The van der Waals surface area contributed by atoms with E-state index in [0.717, 1.165) is 29.7 Å². The molecule has 0 spiro atoms. The van der Waals surface area contributed by atoms with Crippen LogP contribution in [0.4, 0.5) is 9.80 Å². The van der Waals surface area contributed by atoms with Crippen molar-refractivity contribution in [1.29, 1.82) is 0 Å². The molecule has 8 nitrogen and oxygen atoms in total. The van der Waals surface area contributed by atoms with Crippen molar-refractivity contribution in [2.75, 3.05) is 38.1 Å². The number of anilines is 1. The zero-order valence-corrected chi connectivity index (χ0v) is 16.6. The molecule has 9 heteroatoms. The molecular formula is C18H26N4O4S. The third-order valence-corrected chi connectivity index (χ3v) is 6.38. The summed E-state index contributed by atoms with van der Waals surface area (Å²) >= 11 is 1.46. The van der Waals surface area contributed by atoms with Crippen LogP contribution < -0.4 is 11.1 Å². The zero-order valence-electron chi connectivity index (χ0n) is 15.7. The summed E-state index contributed by atoms with van der Waals surface area (Å²) < 4.78 is 5.02. The van der Waals surface area contributed by atoms with Gasteiger partial charge in [0, 0.05) is 31.1 Å². The highest BCUT2D eigenvalue weighted by Crippen LogP contribution is 2.38. The molecule has 1 aromatic heterocycles. The van der Waals surface area contributed by atoms with Gasteiger partial charge in [0.05, 0.1) is 18.2 Å². The second-order valence-electron chi connectivity index (χ2n) is 6.81. The van der Waals surface area contributed by atoms with Crippen LogP contribution in [0.1, 0.15) is 41.1 Å². The lowest BCUT2D eigenvalue weighted by atomic mass is 10.1. The Morgan fingerprint density at radius 1 is 1.22 bits per heavy atom. The largest absolute Gasteiger partial charge is 0.450 e. The van der Waals surface area contributed by atoms with E-state index in [2.05, 4.69) is 5.32 Å². The Morgan fingerprint density at radius 3 is 2.56 bits per heavy atom. The van der Waals surface area contributed by atoms with Gasteiger partial charge in [0.1, 0.15) is 5.00 Å². The van der Waals surface area contributed by atoms with E-state index < -0.39 is 5.91 Å². The Labute approximate surface area is 162 Å². The Hall–Kier alpha value is -2.13. The van der Waals surface area contributed by atoms with Gasteiger partial charge in [-0.3, -0.25) is 14.5 Å². The Morgan fingerprint density at radius 2 is 1.93 bits per heavy atom.